The number of fused-ring (bicyclic) bond motifs is 1. The Kier molecular flexibility index (Phi) is 5.03. The summed E-state index contributed by atoms with van der Waals surface area (Å²) >= 11 is 0. The Morgan fingerprint density at radius 1 is 1.14 bits per heavy atom. The van der Waals surface area contributed by atoms with Gasteiger partial charge in [0.25, 0.3) is 0 Å². The maximum absolute atomic E-state index is 13.0. The Morgan fingerprint density at radius 3 is 2.72 bits per heavy atom. The lowest BCUT2D eigenvalue weighted by Gasteiger charge is -2.33. The van der Waals surface area contributed by atoms with Gasteiger partial charge in [-0.3, -0.25) is 4.79 Å². The van der Waals surface area contributed by atoms with Crippen LogP contribution in [-0.4, -0.2) is 29.0 Å². The predicted molar refractivity (Wildman–Crippen MR) is 115 cm³/mol. The highest BCUT2D eigenvalue weighted by molar-refractivity contribution is 5.95. The Hall–Kier alpha value is -2.89. The number of nitrogens with one attached hydrogen (secondary N) is 1. The number of rotatable bonds is 3. The number of carbonyl (C=O) groups excluding carboxylic acids is 1. The molecule has 6 heteroatoms. The number of amides is 1. The van der Waals surface area contributed by atoms with Gasteiger partial charge in [0.1, 0.15) is 17.4 Å². The number of hydrogen-bond acceptors (Lipinski definition) is 5. The van der Waals surface area contributed by atoms with E-state index in [2.05, 4.69) is 28.2 Å². The molecule has 152 valence electrons. The van der Waals surface area contributed by atoms with Crippen molar-refractivity contribution in [3.05, 3.63) is 46.5 Å². The molecule has 1 saturated heterocycles. The van der Waals surface area contributed by atoms with Gasteiger partial charge in [0.2, 0.25) is 11.6 Å². The molecule has 2 aromatic heterocycles. The molecule has 1 aliphatic heterocycles. The fraction of sp³-hybridized carbons (Fsp3) is 0.435. The molecular formula is C23H28N4O2. The summed E-state index contributed by atoms with van der Waals surface area (Å²) in [7, 11) is 0. The van der Waals surface area contributed by atoms with E-state index >= 15 is 0 Å². The fourth-order valence-electron chi connectivity index (χ4n) is 4.07. The zero-order valence-electron chi connectivity index (χ0n) is 17.8. The Bertz CT molecular complexity index is 1090. The molecular weight excluding hydrogens is 364 g/mol. The average Bonchev–Trinajstić information content (AvgIpc) is 2.98. The number of anilines is 2. The van der Waals surface area contributed by atoms with Gasteiger partial charge < -0.3 is 14.6 Å². The van der Waals surface area contributed by atoms with Crippen LogP contribution in [0.3, 0.4) is 0 Å². The van der Waals surface area contributed by atoms with E-state index in [9.17, 15) is 4.79 Å². The smallest absolute Gasteiger partial charge is 0.231 e. The first kappa shape index (κ1) is 19.4. The zero-order chi connectivity index (χ0) is 20.7. The van der Waals surface area contributed by atoms with E-state index in [0.717, 1.165) is 53.2 Å². The van der Waals surface area contributed by atoms with Gasteiger partial charge in [0.15, 0.2) is 0 Å². The molecule has 1 aromatic carbocycles. The van der Waals surface area contributed by atoms with Crippen LogP contribution in [0.4, 0.5) is 11.5 Å². The first-order chi connectivity index (χ1) is 13.8. The second kappa shape index (κ2) is 7.50. The zero-order valence-corrected chi connectivity index (χ0v) is 17.8. The van der Waals surface area contributed by atoms with E-state index in [1.807, 2.05) is 39.8 Å². The largest absolute Gasteiger partial charge is 0.443 e. The summed E-state index contributed by atoms with van der Waals surface area (Å²) in [4.78, 5) is 24.4. The van der Waals surface area contributed by atoms with Crippen molar-refractivity contribution >= 4 is 28.5 Å². The minimum atomic E-state index is -0.0812. The number of furan rings is 1. The van der Waals surface area contributed by atoms with Gasteiger partial charge >= 0.3 is 0 Å². The van der Waals surface area contributed by atoms with Crippen LogP contribution in [0.25, 0.3) is 11.1 Å². The van der Waals surface area contributed by atoms with Crippen LogP contribution in [0.2, 0.25) is 0 Å². The molecule has 1 N–H and O–H groups in total. The number of aryl methyl sites for hydroxylation is 4. The van der Waals surface area contributed by atoms with Gasteiger partial charge in [-0.25, -0.2) is 4.98 Å². The number of benzene rings is 1. The molecule has 6 nitrogen and oxygen atoms in total. The summed E-state index contributed by atoms with van der Waals surface area (Å²) in [5, 5.41) is 4.10. The Balaban J connectivity index is 1.60. The predicted octanol–water partition coefficient (Wildman–Crippen LogP) is 4.62. The van der Waals surface area contributed by atoms with Crippen molar-refractivity contribution in [1.29, 1.82) is 0 Å². The minimum absolute atomic E-state index is 0.0746. The molecule has 29 heavy (non-hydrogen) atoms. The Morgan fingerprint density at radius 2 is 1.93 bits per heavy atom. The number of hydrogen-bond donors (Lipinski definition) is 1. The van der Waals surface area contributed by atoms with E-state index in [-0.39, 0.29) is 11.8 Å². The molecule has 3 heterocycles. The monoisotopic (exact) mass is 392 g/mol. The van der Waals surface area contributed by atoms with Crippen LogP contribution in [-0.2, 0) is 4.79 Å². The van der Waals surface area contributed by atoms with Crippen LogP contribution >= 0.6 is 0 Å². The van der Waals surface area contributed by atoms with Crippen molar-refractivity contribution in [2.24, 2.45) is 5.92 Å². The van der Waals surface area contributed by atoms with Gasteiger partial charge in [-0.2, -0.15) is 4.98 Å². The standard InChI is InChI=1S/C23H28N4O2/c1-13-8-6-10-19(14(13)2)26-22(28)18-9-7-11-27(12-18)21-20-15(3)16(4)29-23(20)25-17(5)24-21/h6,8,10,18H,7,9,11-12H2,1-5H3,(H,26,28)/t18-/m1/s1. The molecule has 0 spiro atoms. The third-order valence-corrected chi connectivity index (χ3v) is 6.08. The summed E-state index contributed by atoms with van der Waals surface area (Å²) < 4.78 is 5.83. The van der Waals surface area contributed by atoms with Gasteiger partial charge in [-0.05, 0) is 64.7 Å². The first-order valence-electron chi connectivity index (χ1n) is 10.2. The maximum atomic E-state index is 13.0. The van der Waals surface area contributed by atoms with Crippen molar-refractivity contribution in [2.45, 2.75) is 47.5 Å². The van der Waals surface area contributed by atoms with Crippen LogP contribution < -0.4 is 10.2 Å². The summed E-state index contributed by atoms with van der Waals surface area (Å²) in [5.41, 5.74) is 4.89. The van der Waals surface area contributed by atoms with Gasteiger partial charge in [-0.1, -0.05) is 12.1 Å². The normalized spacial score (nSPS) is 17.0. The van der Waals surface area contributed by atoms with Crippen LogP contribution in [0, 0.1) is 40.5 Å². The Labute approximate surface area is 171 Å². The highest BCUT2D eigenvalue weighted by Crippen LogP contribution is 2.33. The molecule has 0 radical (unpaired) electrons. The molecule has 1 fully saturated rings. The summed E-state index contributed by atoms with van der Waals surface area (Å²) in [5.74, 6) is 2.42. The average molecular weight is 393 g/mol. The van der Waals surface area contributed by atoms with Crippen molar-refractivity contribution in [3.8, 4) is 0 Å². The molecule has 0 bridgehead atoms. The summed E-state index contributed by atoms with van der Waals surface area (Å²) in [6.07, 6.45) is 1.83. The van der Waals surface area contributed by atoms with Crippen LogP contribution in [0.15, 0.2) is 22.6 Å². The molecule has 1 aliphatic rings. The lowest BCUT2D eigenvalue weighted by atomic mass is 9.96. The number of carbonyl (C=O) groups is 1. The lowest BCUT2D eigenvalue weighted by Crippen LogP contribution is -2.41. The van der Waals surface area contributed by atoms with E-state index in [1.54, 1.807) is 0 Å². The molecule has 0 saturated carbocycles. The number of piperidine rings is 1. The van der Waals surface area contributed by atoms with E-state index in [1.165, 1.54) is 5.56 Å². The van der Waals surface area contributed by atoms with E-state index in [0.29, 0.717) is 18.1 Å². The van der Waals surface area contributed by atoms with Crippen LogP contribution in [0.1, 0.15) is 41.1 Å². The number of aromatic nitrogens is 2. The highest BCUT2D eigenvalue weighted by Gasteiger charge is 2.29. The molecule has 4 rings (SSSR count). The fourth-order valence-corrected chi connectivity index (χ4v) is 4.07. The topological polar surface area (TPSA) is 71.3 Å². The number of nitrogens with zero attached hydrogens (tertiary/aromatic N) is 3. The molecule has 1 atom stereocenters. The van der Waals surface area contributed by atoms with Crippen molar-refractivity contribution in [1.82, 2.24) is 9.97 Å². The van der Waals surface area contributed by atoms with Gasteiger partial charge in [0.05, 0.1) is 11.3 Å². The van der Waals surface area contributed by atoms with Crippen LogP contribution in [0.5, 0.6) is 0 Å². The molecule has 3 aromatic rings. The highest BCUT2D eigenvalue weighted by atomic mass is 16.3. The van der Waals surface area contributed by atoms with E-state index < -0.39 is 0 Å². The third kappa shape index (κ3) is 3.59. The quantitative estimate of drug-likeness (QED) is 0.704. The third-order valence-electron chi connectivity index (χ3n) is 6.08. The van der Waals surface area contributed by atoms with Gasteiger partial charge in [-0.15, -0.1) is 0 Å². The molecule has 1 amide bonds. The first-order valence-corrected chi connectivity index (χ1v) is 10.2. The maximum Gasteiger partial charge on any atom is 0.231 e. The van der Waals surface area contributed by atoms with Crippen molar-refractivity contribution in [2.75, 3.05) is 23.3 Å². The second-order valence-electron chi connectivity index (χ2n) is 8.08. The SMILES string of the molecule is Cc1nc(N2CCC[C@@H](C(=O)Nc3cccc(C)c3C)C2)c2c(C)c(C)oc2n1. The summed E-state index contributed by atoms with van der Waals surface area (Å²) in [6, 6.07) is 6.01. The second-order valence-corrected chi connectivity index (χ2v) is 8.08. The van der Waals surface area contributed by atoms with E-state index in [4.69, 9.17) is 9.40 Å². The van der Waals surface area contributed by atoms with Crippen molar-refractivity contribution in [3.63, 3.8) is 0 Å². The van der Waals surface area contributed by atoms with Gasteiger partial charge in [0, 0.05) is 24.3 Å². The van der Waals surface area contributed by atoms with Crippen molar-refractivity contribution < 1.29 is 9.21 Å². The summed E-state index contributed by atoms with van der Waals surface area (Å²) in [6.45, 7) is 11.5. The lowest BCUT2D eigenvalue weighted by molar-refractivity contribution is -0.120. The minimum Gasteiger partial charge on any atom is -0.443 e. The molecule has 0 unspecified atom stereocenters. The molecule has 0 aliphatic carbocycles.